The van der Waals surface area contributed by atoms with E-state index in [0.717, 1.165) is 18.9 Å². The van der Waals surface area contributed by atoms with Crippen LogP contribution in [0.1, 0.15) is 23.2 Å². The Labute approximate surface area is 157 Å². The number of rotatable bonds is 7. The summed E-state index contributed by atoms with van der Waals surface area (Å²) in [5.41, 5.74) is 1.59. The first-order chi connectivity index (χ1) is 12.5. The number of esters is 1. The van der Waals surface area contributed by atoms with E-state index in [0.29, 0.717) is 16.3 Å². The molecule has 0 aliphatic rings. The number of aryl methyl sites for hydroxylation is 2. The maximum absolute atomic E-state index is 12.4. The molecular weight excluding hydrogens is 387 g/mol. The summed E-state index contributed by atoms with van der Waals surface area (Å²) in [5.74, 6) is -4.39. The predicted octanol–water partition coefficient (Wildman–Crippen LogP) is 1.84. The second-order valence-corrected chi connectivity index (χ2v) is 6.41. The number of ketones is 1. The molecule has 0 bridgehead atoms. The van der Waals surface area contributed by atoms with Crippen molar-refractivity contribution in [3.05, 3.63) is 22.9 Å². The number of pyridine rings is 1. The molecule has 11 heteroatoms. The minimum atomic E-state index is -5.20. The van der Waals surface area contributed by atoms with Crippen molar-refractivity contribution in [1.82, 2.24) is 10.3 Å². The molecular formula is C16H16F3N3O4S. The summed E-state index contributed by atoms with van der Waals surface area (Å²) in [6.45, 7) is 3.42. The van der Waals surface area contributed by atoms with Crippen molar-refractivity contribution in [2.45, 2.75) is 37.5 Å². The van der Waals surface area contributed by atoms with Crippen LogP contribution in [0.4, 0.5) is 13.2 Å². The number of amides is 1. The van der Waals surface area contributed by atoms with Crippen molar-refractivity contribution in [1.29, 1.82) is 5.26 Å². The van der Waals surface area contributed by atoms with E-state index in [1.54, 1.807) is 19.9 Å². The summed E-state index contributed by atoms with van der Waals surface area (Å²) in [7, 11) is 0.924. The second kappa shape index (κ2) is 9.36. The van der Waals surface area contributed by atoms with Gasteiger partial charge in [0.1, 0.15) is 22.9 Å². The average molecular weight is 403 g/mol. The third-order valence-corrected chi connectivity index (χ3v) is 4.31. The molecule has 1 atom stereocenters. The van der Waals surface area contributed by atoms with Crippen LogP contribution in [0.3, 0.4) is 0 Å². The number of carbonyl (C=O) groups excluding carboxylic acids is 3. The molecule has 7 nitrogen and oxygen atoms in total. The standard InChI is InChI=1S/C16H16F3N3O4S/c1-8-4-9(2)21-13(11(8)6-20)27-7-10(23)5-12(14(24)26-3)22-15(25)16(17,18)19/h4,12H,5,7H2,1-3H3,(H,22,25). The van der Waals surface area contributed by atoms with Gasteiger partial charge in [-0.1, -0.05) is 11.8 Å². The molecule has 0 saturated carbocycles. The monoisotopic (exact) mass is 403 g/mol. The van der Waals surface area contributed by atoms with Gasteiger partial charge in [-0.15, -0.1) is 0 Å². The molecule has 0 aliphatic carbocycles. The van der Waals surface area contributed by atoms with Gasteiger partial charge in [-0.2, -0.15) is 18.4 Å². The third-order valence-electron chi connectivity index (χ3n) is 3.27. The van der Waals surface area contributed by atoms with E-state index < -0.39 is 36.3 Å². The van der Waals surface area contributed by atoms with Gasteiger partial charge in [0.15, 0.2) is 0 Å². The Bertz CT molecular complexity index is 790. The number of methoxy groups -OCH3 is 1. The zero-order valence-electron chi connectivity index (χ0n) is 14.6. The highest BCUT2D eigenvalue weighted by atomic mass is 32.2. The molecule has 1 amide bonds. The number of thioether (sulfide) groups is 1. The Kier molecular flexibility index (Phi) is 7.78. The predicted molar refractivity (Wildman–Crippen MR) is 88.8 cm³/mol. The summed E-state index contributed by atoms with van der Waals surface area (Å²) < 4.78 is 41.4. The van der Waals surface area contributed by atoms with Gasteiger partial charge in [0, 0.05) is 12.1 Å². The van der Waals surface area contributed by atoms with Crippen molar-refractivity contribution >= 4 is 29.4 Å². The van der Waals surface area contributed by atoms with Crippen LogP contribution in [-0.4, -0.2) is 47.7 Å². The lowest BCUT2D eigenvalue weighted by Gasteiger charge is -2.16. The van der Waals surface area contributed by atoms with Crippen LogP contribution in [-0.2, 0) is 19.1 Å². The van der Waals surface area contributed by atoms with Crippen LogP contribution >= 0.6 is 11.8 Å². The molecule has 0 fully saturated rings. The number of hydrogen-bond acceptors (Lipinski definition) is 7. The van der Waals surface area contributed by atoms with E-state index in [1.807, 2.05) is 6.07 Å². The van der Waals surface area contributed by atoms with E-state index in [-0.39, 0.29) is 11.3 Å². The molecule has 0 aliphatic heterocycles. The molecule has 146 valence electrons. The van der Waals surface area contributed by atoms with Gasteiger partial charge in [-0.05, 0) is 25.5 Å². The van der Waals surface area contributed by atoms with E-state index in [9.17, 15) is 32.8 Å². The van der Waals surface area contributed by atoms with E-state index in [4.69, 9.17) is 0 Å². The molecule has 1 aromatic rings. The molecule has 1 heterocycles. The van der Waals surface area contributed by atoms with Crippen molar-refractivity contribution in [2.75, 3.05) is 12.9 Å². The molecule has 0 radical (unpaired) electrons. The highest BCUT2D eigenvalue weighted by Gasteiger charge is 2.41. The van der Waals surface area contributed by atoms with Crippen LogP contribution in [0, 0.1) is 25.2 Å². The largest absolute Gasteiger partial charge is 0.471 e. The molecule has 0 aromatic carbocycles. The molecule has 27 heavy (non-hydrogen) atoms. The highest BCUT2D eigenvalue weighted by Crippen LogP contribution is 2.24. The summed E-state index contributed by atoms with van der Waals surface area (Å²) in [4.78, 5) is 38.8. The van der Waals surface area contributed by atoms with Crippen LogP contribution in [0.5, 0.6) is 0 Å². The zero-order valence-corrected chi connectivity index (χ0v) is 15.5. The maximum atomic E-state index is 12.4. The van der Waals surface area contributed by atoms with Gasteiger partial charge in [-0.3, -0.25) is 9.59 Å². The SMILES string of the molecule is COC(=O)C(CC(=O)CSc1nc(C)cc(C)c1C#N)NC(=O)C(F)(F)F. The maximum Gasteiger partial charge on any atom is 0.471 e. The van der Waals surface area contributed by atoms with Gasteiger partial charge >= 0.3 is 18.1 Å². The minimum absolute atomic E-state index is 0.250. The minimum Gasteiger partial charge on any atom is -0.467 e. The van der Waals surface area contributed by atoms with Crippen molar-refractivity contribution < 1.29 is 32.3 Å². The molecule has 1 aromatic heterocycles. The zero-order chi connectivity index (χ0) is 20.8. The number of carbonyl (C=O) groups is 3. The molecule has 1 N–H and O–H groups in total. The smallest absolute Gasteiger partial charge is 0.467 e. The fourth-order valence-electron chi connectivity index (χ4n) is 2.05. The van der Waals surface area contributed by atoms with E-state index in [2.05, 4.69) is 9.72 Å². The normalized spacial score (nSPS) is 12.0. The van der Waals surface area contributed by atoms with Crippen molar-refractivity contribution in [3.63, 3.8) is 0 Å². The quantitative estimate of drug-likeness (QED) is 0.546. The van der Waals surface area contributed by atoms with Crippen LogP contribution in [0.15, 0.2) is 11.1 Å². The number of nitrogens with zero attached hydrogens (tertiary/aromatic N) is 2. The molecule has 0 saturated heterocycles. The average Bonchev–Trinajstić information content (AvgIpc) is 2.57. The van der Waals surface area contributed by atoms with Crippen LogP contribution in [0.2, 0.25) is 0 Å². The fraction of sp³-hybridized carbons (Fsp3) is 0.438. The van der Waals surface area contributed by atoms with Crippen LogP contribution < -0.4 is 5.32 Å². The number of halogens is 3. The number of Topliss-reactive ketones (excluding diaryl/α,β-unsaturated/α-hetero) is 1. The fourth-order valence-corrected chi connectivity index (χ4v) is 3.03. The first-order valence-corrected chi connectivity index (χ1v) is 8.46. The summed E-state index contributed by atoms with van der Waals surface area (Å²) >= 11 is 0.924. The van der Waals surface area contributed by atoms with Crippen molar-refractivity contribution in [3.8, 4) is 6.07 Å². The Morgan fingerprint density at radius 1 is 1.37 bits per heavy atom. The highest BCUT2D eigenvalue weighted by molar-refractivity contribution is 8.00. The van der Waals surface area contributed by atoms with Gasteiger partial charge in [-0.25, -0.2) is 9.78 Å². The first kappa shape index (κ1) is 22.4. The van der Waals surface area contributed by atoms with Crippen LogP contribution in [0.25, 0.3) is 0 Å². The Morgan fingerprint density at radius 2 is 2.00 bits per heavy atom. The number of aromatic nitrogens is 1. The lowest BCUT2D eigenvalue weighted by Crippen LogP contribution is -2.48. The lowest BCUT2D eigenvalue weighted by molar-refractivity contribution is -0.175. The van der Waals surface area contributed by atoms with E-state index >= 15 is 0 Å². The summed E-state index contributed by atoms with van der Waals surface area (Å²) in [6.07, 6.45) is -5.89. The first-order valence-electron chi connectivity index (χ1n) is 7.48. The number of alkyl halides is 3. The van der Waals surface area contributed by atoms with Gasteiger partial charge < -0.3 is 10.1 Å². The molecule has 1 rings (SSSR count). The topological polar surface area (TPSA) is 109 Å². The van der Waals surface area contributed by atoms with E-state index in [1.165, 1.54) is 5.32 Å². The molecule has 1 unspecified atom stereocenters. The summed E-state index contributed by atoms with van der Waals surface area (Å²) in [6, 6.07) is 1.91. The number of ether oxygens (including phenoxy) is 1. The van der Waals surface area contributed by atoms with Gasteiger partial charge in [0.25, 0.3) is 0 Å². The lowest BCUT2D eigenvalue weighted by atomic mass is 10.1. The Morgan fingerprint density at radius 3 is 2.52 bits per heavy atom. The third kappa shape index (κ3) is 6.56. The Hall–Kier alpha value is -2.61. The molecule has 0 spiro atoms. The number of nitriles is 1. The Balaban J connectivity index is 2.83. The summed E-state index contributed by atoms with van der Waals surface area (Å²) in [5, 5.41) is 10.9. The second-order valence-electron chi connectivity index (χ2n) is 5.45. The van der Waals surface area contributed by atoms with Gasteiger partial charge in [0.2, 0.25) is 0 Å². The number of nitrogens with one attached hydrogen (secondary N) is 1. The number of hydrogen-bond donors (Lipinski definition) is 1. The van der Waals surface area contributed by atoms with Crippen molar-refractivity contribution in [2.24, 2.45) is 0 Å². The van der Waals surface area contributed by atoms with Gasteiger partial charge in [0.05, 0.1) is 18.4 Å².